The molecular formula is C13H15BrN4O. The van der Waals surface area contributed by atoms with Crippen LogP contribution in [0.1, 0.15) is 19.7 Å². The molecule has 19 heavy (non-hydrogen) atoms. The molecule has 2 aromatic rings. The number of aromatic nitrogens is 3. The minimum Gasteiger partial charge on any atom is -0.437 e. The second-order valence-corrected chi connectivity index (χ2v) is 4.75. The molecule has 0 aliphatic carbocycles. The molecule has 0 fully saturated rings. The maximum absolute atomic E-state index is 5.71. The monoisotopic (exact) mass is 322 g/mol. The number of anilines is 1. The van der Waals surface area contributed by atoms with E-state index in [9.17, 15) is 0 Å². The SMILES string of the molecule is CCNc1cc(Oc2cncc(Br)c2)nc(CC)n1. The van der Waals surface area contributed by atoms with Gasteiger partial charge in [0.15, 0.2) is 0 Å². The predicted octanol–water partition coefficient (Wildman–Crippen LogP) is 3.42. The van der Waals surface area contributed by atoms with Crippen molar-refractivity contribution < 1.29 is 4.74 Å². The van der Waals surface area contributed by atoms with Gasteiger partial charge >= 0.3 is 0 Å². The third-order valence-corrected chi connectivity index (χ3v) is 2.76. The van der Waals surface area contributed by atoms with Crippen LogP contribution in [-0.4, -0.2) is 21.5 Å². The first-order chi connectivity index (χ1) is 9.21. The van der Waals surface area contributed by atoms with Gasteiger partial charge in [0, 0.05) is 29.7 Å². The molecule has 2 aromatic heterocycles. The van der Waals surface area contributed by atoms with Crippen molar-refractivity contribution in [2.45, 2.75) is 20.3 Å². The summed E-state index contributed by atoms with van der Waals surface area (Å²) in [6, 6.07) is 3.62. The van der Waals surface area contributed by atoms with Gasteiger partial charge in [0.1, 0.15) is 17.4 Å². The van der Waals surface area contributed by atoms with E-state index in [-0.39, 0.29) is 0 Å². The van der Waals surface area contributed by atoms with Gasteiger partial charge < -0.3 is 10.1 Å². The summed E-state index contributed by atoms with van der Waals surface area (Å²) in [5.74, 6) is 2.67. The van der Waals surface area contributed by atoms with Gasteiger partial charge in [-0.1, -0.05) is 6.92 Å². The summed E-state index contributed by atoms with van der Waals surface area (Å²) in [5, 5.41) is 3.16. The number of nitrogens with one attached hydrogen (secondary N) is 1. The lowest BCUT2D eigenvalue weighted by Gasteiger charge is -2.09. The van der Waals surface area contributed by atoms with Gasteiger partial charge in [0.05, 0.1) is 6.20 Å². The van der Waals surface area contributed by atoms with E-state index in [0.29, 0.717) is 11.6 Å². The summed E-state index contributed by atoms with van der Waals surface area (Å²) in [6.45, 7) is 4.83. The highest BCUT2D eigenvalue weighted by Crippen LogP contribution is 2.23. The molecule has 0 aliphatic rings. The molecule has 0 radical (unpaired) electrons. The highest BCUT2D eigenvalue weighted by molar-refractivity contribution is 9.10. The number of nitrogens with zero attached hydrogens (tertiary/aromatic N) is 3. The lowest BCUT2D eigenvalue weighted by Crippen LogP contribution is -2.04. The van der Waals surface area contributed by atoms with Crippen LogP contribution >= 0.6 is 15.9 Å². The Bertz CT molecular complexity index is 562. The molecule has 6 heteroatoms. The van der Waals surface area contributed by atoms with Gasteiger partial charge in [0.2, 0.25) is 5.88 Å². The first-order valence-corrected chi connectivity index (χ1v) is 6.90. The summed E-state index contributed by atoms with van der Waals surface area (Å²) in [6.07, 6.45) is 4.10. The van der Waals surface area contributed by atoms with Crippen LogP contribution < -0.4 is 10.1 Å². The van der Waals surface area contributed by atoms with E-state index < -0.39 is 0 Å². The fourth-order valence-electron chi connectivity index (χ4n) is 1.52. The van der Waals surface area contributed by atoms with Crippen molar-refractivity contribution in [1.82, 2.24) is 15.0 Å². The molecular weight excluding hydrogens is 308 g/mol. The minimum absolute atomic E-state index is 0.516. The zero-order valence-corrected chi connectivity index (χ0v) is 12.4. The Hall–Kier alpha value is -1.69. The van der Waals surface area contributed by atoms with E-state index in [2.05, 4.69) is 36.2 Å². The maximum Gasteiger partial charge on any atom is 0.224 e. The van der Waals surface area contributed by atoms with Crippen molar-refractivity contribution in [3.8, 4) is 11.6 Å². The van der Waals surface area contributed by atoms with Crippen molar-refractivity contribution in [3.63, 3.8) is 0 Å². The second-order valence-electron chi connectivity index (χ2n) is 3.83. The van der Waals surface area contributed by atoms with E-state index in [1.54, 1.807) is 18.5 Å². The Labute approximate surface area is 120 Å². The molecule has 0 spiro atoms. The standard InChI is InChI=1S/C13H15BrN4O/c1-3-11-17-12(16-4-2)6-13(18-11)19-10-5-9(14)7-15-8-10/h5-8H,3-4H2,1-2H3,(H,16,17,18). The van der Waals surface area contributed by atoms with E-state index >= 15 is 0 Å². The van der Waals surface area contributed by atoms with Crippen molar-refractivity contribution in [2.75, 3.05) is 11.9 Å². The summed E-state index contributed by atoms with van der Waals surface area (Å²) in [5.41, 5.74) is 0. The fourth-order valence-corrected chi connectivity index (χ4v) is 1.87. The first kappa shape index (κ1) is 13.7. The zero-order chi connectivity index (χ0) is 13.7. The topological polar surface area (TPSA) is 59.9 Å². The van der Waals surface area contributed by atoms with Gasteiger partial charge in [-0.15, -0.1) is 0 Å². The van der Waals surface area contributed by atoms with Crippen LogP contribution in [0.3, 0.4) is 0 Å². The number of hydrogen-bond acceptors (Lipinski definition) is 5. The van der Waals surface area contributed by atoms with E-state index in [0.717, 1.165) is 29.1 Å². The van der Waals surface area contributed by atoms with Crippen LogP contribution in [0.4, 0.5) is 5.82 Å². The predicted molar refractivity (Wildman–Crippen MR) is 77.6 cm³/mol. The van der Waals surface area contributed by atoms with Gasteiger partial charge in [-0.25, -0.2) is 4.98 Å². The lowest BCUT2D eigenvalue weighted by molar-refractivity contribution is 0.456. The van der Waals surface area contributed by atoms with E-state index in [1.165, 1.54) is 0 Å². The average Bonchev–Trinajstić information content (AvgIpc) is 2.39. The number of rotatable bonds is 5. The van der Waals surface area contributed by atoms with E-state index in [4.69, 9.17) is 4.74 Å². The van der Waals surface area contributed by atoms with Crippen molar-refractivity contribution >= 4 is 21.7 Å². The molecule has 0 bridgehead atoms. The Kier molecular flexibility index (Phi) is 4.68. The second kappa shape index (κ2) is 6.47. The van der Waals surface area contributed by atoms with Crippen LogP contribution in [0, 0.1) is 0 Å². The van der Waals surface area contributed by atoms with Crippen molar-refractivity contribution in [1.29, 1.82) is 0 Å². The number of hydrogen-bond donors (Lipinski definition) is 1. The summed E-state index contributed by atoms with van der Waals surface area (Å²) in [7, 11) is 0. The highest BCUT2D eigenvalue weighted by Gasteiger charge is 2.06. The van der Waals surface area contributed by atoms with Crippen LogP contribution in [0.15, 0.2) is 29.0 Å². The van der Waals surface area contributed by atoms with E-state index in [1.807, 2.05) is 19.9 Å². The molecule has 0 saturated heterocycles. The summed E-state index contributed by atoms with van der Waals surface area (Å²) in [4.78, 5) is 12.8. The molecule has 0 amide bonds. The maximum atomic E-state index is 5.71. The third-order valence-electron chi connectivity index (χ3n) is 2.33. The van der Waals surface area contributed by atoms with Gasteiger partial charge in [0.25, 0.3) is 0 Å². The summed E-state index contributed by atoms with van der Waals surface area (Å²) >= 11 is 3.36. The number of aryl methyl sites for hydroxylation is 1. The van der Waals surface area contributed by atoms with Gasteiger partial charge in [-0.2, -0.15) is 4.98 Å². The number of pyridine rings is 1. The number of ether oxygens (including phenoxy) is 1. The molecule has 0 atom stereocenters. The molecule has 100 valence electrons. The van der Waals surface area contributed by atoms with Crippen LogP contribution in [0.25, 0.3) is 0 Å². The van der Waals surface area contributed by atoms with Crippen LogP contribution in [0.2, 0.25) is 0 Å². The van der Waals surface area contributed by atoms with Crippen molar-refractivity contribution in [3.05, 3.63) is 34.8 Å². The van der Waals surface area contributed by atoms with Gasteiger partial charge in [-0.3, -0.25) is 4.98 Å². The number of halogens is 1. The molecule has 0 aromatic carbocycles. The van der Waals surface area contributed by atoms with Crippen molar-refractivity contribution in [2.24, 2.45) is 0 Å². The largest absolute Gasteiger partial charge is 0.437 e. The molecule has 2 rings (SSSR count). The minimum atomic E-state index is 0.516. The first-order valence-electron chi connectivity index (χ1n) is 6.11. The molecule has 0 saturated carbocycles. The lowest BCUT2D eigenvalue weighted by atomic mass is 10.4. The third kappa shape index (κ3) is 3.89. The Balaban J connectivity index is 2.26. The fraction of sp³-hybridized carbons (Fsp3) is 0.308. The zero-order valence-electron chi connectivity index (χ0n) is 10.9. The quantitative estimate of drug-likeness (QED) is 0.913. The molecule has 0 aliphatic heterocycles. The smallest absolute Gasteiger partial charge is 0.224 e. The average molecular weight is 323 g/mol. The van der Waals surface area contributed by atoms with Gasteiger partial charge in [-0.05, 0) is 28.9 Å². The van der Waals surface area contributed by atoms with Crippen LogP contribution in [0.5, 0.6) is 11.6 Å². The molecule has 0 unspecified atom stereocenters. The molecule has 1 N–H and O–H groups in total. The summed E-state index contributed by atoms with van der Waals surface area (Å²) < 4.78 is 6.57. The highest BCUT2D eigenvalue weighted by atomic mass is 79.9. The Morgan fingerprint density at radius 2 is 2.05 bits per heavy atom. The Morgan fingerprint density at radius 3 is 2.74 bits per heavy atom. The molecule has 2 heterocycles. The molecule has 5 nitrogen and oxygen atoms in total. The Morgan fingerprint density at radius 1 is 1.21 bits per heavy atom. The van der Waals surface area contributed by atoms with Crippen LogP contribution in [-0.2, 0) is 6.42 Å². The normalized spacial score (nSPS) is 10.3.